The van der Waals surface area contributed by atoms with Gasteiger partial charge in [0.1, 0.15) is 0 Å². The third kappa shape index (κ3) is 4.09. The molecule has 0 radical (unpaired) electrons. The van der Waals surface area contributed by atoms with Crippen LogP contribution >= 0.6 is 0 Å². The van der Waals surface area contributed by atoms with Crippen molar-refractivity contribution >= 4 is 26.8 Å². The van der Waals surface area contributed by atoms with Crippen LogP contribution in [0.1, 0.15) is 32.0 Å². The number of aromatic nitrogens is 1. The smallest absolute Gasteiger partial charge is 0.870 e. The van der Waals surface area contributed by atoms with Gasteiger partial charge in [0.25, 0.3) is 10.0 Å². The van der Waals surface area contributed by atoms with Gasteiger partial charge in [0.2, 0.25) is 5.91 Å². The van der Waals surface area contributed by atoms with E-state index < -0.39 is 15.4 Å². The van der Waals surface area contributed by atoms with Crippen LogP contribution in [0.15, 0.2) is 59.5 Å². The van der Waals surface area contributed by atoms with Crippen LogP contribution in [0, 0.1) is 5.41 Å². The maximum Gasteiger partial charge on any atom is 1.00 e. The first-order valence-electron chi connectivity index (χ1n) is 9.42. The Morgan fingerprint density at radius 2 is 1.57 bits per heavy atom. The Morgan fingerprint density at radius 3 is 2.20 bits per heavy atom. The minimum atomic E-state index is -3.77. The standard InChI is InChI=1S/C22H24N2O3S.Na.H2O/c1-22(2,3)21(25)23-14-13-18-17-11-7-8-12-19(17)24(20(18)15-23)28(26,27)16-9-5-4-6-10-16;;/h4-12H,13-15H2,1-3H3;;1H2/q;+1;/p-1. The summed E-state index contributed by atoms with van der Waals surface area (Å²) in [5.74, 6) is 0.0343. The average Bonchev–Trinajstić information content (AvgIpc) is 3.01. The number of benzene rings is 2. The van der Waals surface area contributed by atoms with Gasteiger partial charge < -0.3 is 10.4 Å². The van der Waals surface area contributed by atoms with E-state index in [-0.39, 0.29) is 45.8 Å². The van der Waals surface area contributed by atoms with Gasteiger partial charge in [0, 0.05) is 17.3 Å². The normalized spacial score (nSPS) is 13.9. The Morgan fingerprint density at radius 1 is 0.967 bits per heavy atom. The number of nitrogens with zero attached hydrogens (tertiary/aromatic N) is 2. The first-order valence-corrected chi connectivity index (χ1v) is 10.9. The second kappa shape index (κ2) is 8.85. The van der Waals surface area contributed by atoms with Crippen molar-refractivity contribution in [2.75, 3.05) is 6.54 Å². The van der Waals surface area contributed by atoms with E-state index in [2.05, 4.69) is 0 Å². The first kappa shape index (κ1) is 24.6. The van der Waals surface area contributed by atoms with E-state index >= 15 is 0 Å². The number of carbonyl (C=O) groups is 1. The molecular formula is C22H25N2NaO4S. The predicted molar refractivity (Wildman–Crippen MR) is 111 cm³/mol. The summed E-state index contributed by atoms with van der Waals surface area (Å²) in [6.07, 6.45) is 0.648. The molecule has 0 bridgehead atoms. The molecule has 0 unspecified atom stereocenters. The Hall–Kier alpha value is -1.64. The van der Waals surface area contributed by atoms with Gasteiger partial charge in [-0.05, 0) is 30.2 Å². The molecule has 0 fully saturated rings. The van der Waals surface area contributed by atoms with Crippen LogP contribution in [-0.4, -0.2) is 35.2 Å². The summed E-state index contributed by atoms with van der Waals surface area (Å²) in [7, 11) is -3.77. The van der Waals surface area contributed by atoms with Crippen LogP contribution < -0.4 is 29.6 Å². The monoisotopic (exact) mass is 436 g/mol. The predicted octanol–water partition coefficient (Wildman–Crippen LogP) is 0.636. The van der Waals surface area contributed by atoms with E-state index in [1.807, 2.05) is 45.0 Å². The molecule has 1 amide bonds. The van der Waals surface area contributed by atoms with Crippen molar-refractivity contribution < 1.29 is 48.2 Å². The quantitative estimate of drug-likeness (QED) is 0.552. The molecule has 30 heavy (non-hydrogen) atoms. The molecule has 0 atom stereocenters. The molecule has 8 heteroatoms. The molecule has 0 saturated carbocycles. The molecule has 2 heterocycles. The number of hydrogen-bond donors (Lipinski definition) is 0. The van der Waals surface area contributed by atoms with Crippen molar-refractivity contribution in [3.8, 4) is 0 Å². The Bertz CT molecular complexity index is 1170. The van der Waals surface area contributed by atoms with E-state index in [1.165, 1.54) is 3.97 Å². The molecule has 0 saturated heterocycles. The Kier molecular flexibility index (Phi) is 7.26. The molecule has 0 spiro atoms. The Balaban J connectivity index is 0.00000160. The third-order valence-electron chi connectivity index (χ3n) is 5.22. The summed E-state index contributed by atoms with van der Waals surface area (Å²) < 4.78 is 28.5. The van der Waals surface area contributed by atoms with Gasteiger partial charge in [0.15, 0.2) is 0 Å². The van der Waals surface area contributed by atoms with Gasteiger partial charge in [-0.25, -0.2) is 12.4 Å². The second-order valence-electron chi connectivity index (χ2n) is 8.25. The summed E-state index contributed by atoms with van der Waals surface area (Å²) in [6, 6.07) is 16.0. The molecule has 3 aromatic rings. The maximum absolute atomic E-state index is 13.5. The van der Waals surface area contributed by atoms with Crippen LogP contribution in [0.3, 0.4) is 0 Å². The van der Waals surface area contributed by atoms with Crippen LogP contribution in [-0.2, 0) is 27.8 Å². The van der Waals surface area contributed by atoms with Crippen molar-refractivity contribution in [2.45, 2.75) is 38.6 Å². The fourth-order valence-corrected chi connectivity index (χ4v) is 5.48. The largest absolute Gasteiger partial charge is 1.00 e. The molecule has 1 aliphatic rings. The van der Waals surface area contributed by atoms with E-state index in [0.29, 0.717) is 30.7 Å². The van der Waals surface area contributed by atoms with E-state index in [4.69, 9.17) is 0 Å². The van der Waals surface area contributed by atoms with Crippen LogP contribution in [0.4, 0.5) is 0 Å². The van der Waals surface area contributed by atoms with Gasteiger partial charge in [-0.15, -0.1) is 0 Å². The molecule has 6 nitrogen and oxygen atoms in total. The minimum absolute atomic E-state index is 0. The fourth-order valence-electron chi connectivity index (χ4n) is 3.89. The van der Waals surface area contributed by atoms with Gasteiger partial charge in [0.05, 0.1) is 22.7 Å². The number of para-hydroxylation sites is 1. The number of carbonyl (C=O) groups excluding carboxylic acids is 1. The summed E-state index contributed by atoms with van der Waals surface area (Å²) in [4.78, 5) is 14.9. The molecule has 2 aromatic carbocycles. The zero-order valence-electron chi connectivity index (χ0n) is 17.8. The van der Waals surface area contributed by atoms with Crippen molar-refractivity contribution in [3.63, 3.8) is 0 Å². The first-order chi connectivity index (χ1) is 13.2. The van der Waals surface area contributed by atoms with Gasteiger partial charge in [-0.3, -0.25) is 4.79 Å². The number of amides is 1. The Labute approximate surface area is 199 Å². The minimum Gasteiger partial charge on any atom is -0.870 e. The number of fused-ring (bicyclic) bond motifs is 3. The molecular weight excluding hydrogens is 411 g/mol. The average molecular weight is 437 g/mol. The molecule has 154 valence electrons. The number of hydrogen-bond acceptors (Lipinski definition) is 4. The van der Waals surface area contributed by atoms with E-state index in [1.54, 1.807) is 35.2 Å². The molecule has 1 aromatic heterocycles. The molecule has 1 N–H and O–H groups in total. The maximum atomic E-state index is 13.5. The second-order valence-corrected chi connectivity index (χ2v) is 10.0. The van der Waals surface area contributed by atoms with Crippen LogP contribution in [0.25, 0.3) is 10.9 Å². The van der Waals surface area contributed by atoms with E-state index in [0.717, 1.165) is 10.9 Å². The van der Waals surface area contributed by atoms with Crippen molar-refractivity contribution in [2.24, 2.45) is 5.41 Å². The molecule has 4 rings (SSSR count). The summed E-state index contributed by atoms with van der Waals surface area (Å²) in [6.45, 7) is 6.57. The van der Waals surface area contributed by atoms with Gasteiger partial charge in [-0.1, -0.05) is 57.2 Å². The van der Waals surface area contributed by atoms with Crippen LogP contribution in [0.2, 0.25) is 0 Å². The molecule has 0 aliphatic carbocycles. The fraction of sp³-hybridized carbons (Fsp3) is 0.318. The number of rotatable bonds is 2. The van der Waals surface area contributed by atoms with Crippen molar-refractivity contribution in [1.82, 2.24) is 8.87 Å². The van der Waals surface area contributed by atoms with Crippen molar-refractivity contribution in [3.05, 3.63) is 65.9 Å². The molecule has 1 aliphatic heterocycles. The third-order valence-corrected chi connectivity index (χ3v) is 6.99. The summed E-state index contributed by atoms with van der Waals surface area (Å²) in [5.41, 5.74) is 1.87. The SMILES string of the molecule is CC(C)(C)C(=O)N1CCc2c(n(S(=O)(=O)c3ccccc3)c3ccccc23)C1.[Na+].[OH-]. The van der Waals surface area contributed by atoms with Gasteiger partial charge >= 0.3 is 29.6 Å². The van der Waals surface area contributed by atoms with E-state index in [9.17, 15) is 13.2 Å². The van der Waals surface area contributed by atoms with Gasteiger partial charge in [-0.2, -0.15) is 0 Å². The van der Waals surface area contributed by atoms with Crippen LogP contribution in [0.5, 0.6) is 0 Å². The zero-order chi connectivity index (χ0) is 20.1. The summed E-state index contributed by atoms with van der Waals surface area (Å²) >= 11 is 0. The summed E-state index contributed by atoms with van der Waals surface area (Å²) in [5, 5.41) is 0.944. The topological polar surface area (TPSA) is 89.4 Å². The zero-order valence-corrected chi connectivity index (χ0v) is 20.6. The van der Waals surface area contributed by atoms with Crippen molar-refractivity contribution in [1.29, 1.82) is 0 Å².